The van der Waals surface area contributed by atoms with Crippen molar-refractivity contribution in [2.24, 2.45) is 0 Å². The van der Waals surface area contributed by atoms with E-state index >= 15 is 0 Å². The SMILES string of the molecule is CCOC[C@]1(C[C@@H](CCc2ccc(-c3cc(Cl)ccc3F)cc2)NC(=O)OC(C)(C)C)C(=O)OCc2ccccc21. The van der Waals surface area contributed by atoms with E-state index in [0.717, 1.165) is 22.3 Å². The first-order valence-electron chi connectivity index (χ1n) is 13.9. The van der Waals surface area contributed by atoms with Crippen LogP contribution in [0.5, 0.6) is 0 Å². The molecule has 8 heteroatoms. The molecule has 3 aromatic carbocycles. The highest BCUT2D eigenvalue weighted by Gasteiger charge is 2.48. The van der Waals surface area contributed by atoms with E-state index in [-0.39, 0.29) is 31.4 Å². The van der Waals surface area contributed by atoms with E-state index in [1.807, 2.05) is 55.5 Å². The molecule has 0 unspecified atom stereocenters. The lowest BCUT2D eigenvalue weighted by Gasteiger charge is -2.39. The van der Waals surface area contributed by atoms with Crippen molar-refractivity contribution in [3.8, 4) is 11.1 Å². The molecule has 3 aromatic rings. The summed E-state index contributed by atoms with van der Waals surface area (Å²) in [5, 5.41) is 3.47. The Kier molecular flexibility index (Phi) is 9.72. The fourth-order valence-corrected chi connectivity index (χ4v) is 5.37. The van der Waals surface area contributed by atoms with Crippen LogP contribution in [0, 0.1) is 5.82 Å². The lowest BCUT2D eigenvalue weighted by atomic mass is 9.72. The summed E-state index contributed by atoms with van der Waals surface area (Å²) in [6.07, 6.45) is 0.833. The van der Waals surface area contributed by atoms with Crippen molar-refractivity contribution in [3.05, 3.63) is 94.3 Å². The van der Waals surface area contributed by atoms with Crippen molar-refractivity contribution in [2.45, 2.75) is 70.6 Å². The van der Waals surface area contributed by atoms with Gasteiger partial charge in [-0.05, 0) is 87.4 Å². The molecule has 41 heavy (non-hydrogen) atoms. The van der Waals surface area contributed by atoms with Gasteiger partial charge in [-0.15, -0.1) is 0 Å². The molecular formula is C33H37ClFNO5. The fourth-order valence-electron chi connectivity index (χ4n) is 5.20. The summed E-state index contributed by atoms with van der Waals surface area (Å²) >= 11 is 6.08. The zero-order chi connectivity index (χ0) is 29.6. The molecular weight excluding hydrogens is 545 g/mol. The first-order chi connectivity index (χ1) is 19.5. The number of ether oxygens (including phenoxy) is 3. The molecule has 6 nitrogen and oxygen atoms in total. The monoisotopic (exact) mass is 581 g/mol. The van der Waals surface area contributed by atoms with E-state index in [4.69, 9.17) is 25.8 Å². The Morgan fingerprint density at radius 1 is 1.12 bits per heavy atom. The van der Waals surface area contributed by atoms with Crippen LogP contribution >= 0.6 is 11.6 Å². The molecule has 4 rings (SSSR count). The molecule has 0 saturated carbocycles. The predicted molar refractivity (Wildman–Crippen MR) is 157 cm³/mol. The first-order valence-corrected chi connectivity index (χ1v) is 14.3. The van der Waals surface area contributed by atoms with Gasteiger partial charge >= 0.3 is 12.1 Å². The molecule has 0 fully saturated rings. The van der Waals surface area contributed by atoms with Gasteiger partial charge < -0.3 is 19.5 Å². The largest absolute Gasteiger partial charge is 0.460 e. The lowest BCUT2D eigenvalue weighted by molar-refractivity contribution is -0.158. The smallest absolute Gasteiger partial charge is 0.407 e. The van der Waals surface area contributed by atoms with Crippen LogP contribution in [0.1, 0.15) is 57.2 Å². The summed E-state index contributed by atoms with van der Waals surface area (Å²) in [4.78, 5) is 26.3. The molecule has 1 heterocycles. The molecule has 0 spiro atoms. The van der Waals surface area contributed by atoms with E-state index < -0.39 is 23.2 Å². The molecule has 1 amide bonds. The highest BCUT2D eigenvalue weighted by Crippen LogP contribution is 2.39. The number of alkyl carbamates (subject to hydrolysis) is 1. The highest BCUT2D eigenvalue weighted by atomic mass is 35.5. The van der Waals surface area contributed by atoms with Crippen molar-refractivity contribution in [3.63, 3.8) is 0 Å². The minimum Gasteiger partial charge on any atom is -0.460 e. The van der Waals surface area contributed by atoms with Gasteiger partial charge in [-0.25, -0.2) is 9.18 Å². The normalized spacial score (nSPS) is 17.4. The second kappa shape index (κ2) is 13.0. The maximum atomic E-state index is 14.4. The average Bonchev–Trinajstić information content (AvgIpc) is 2.93. The summed E-state index contributed by atoms with van der Waals surface area (Å²) in [5.74, 6) is -0.712. The van der Waals surface area contributed by atoms with Gasteiger partial charge in [-0.3, -0.25) is 4.79 Å². The van der Waals surface area contributed by atoms with Crippen molar-refractivity contribution in [1.29, 1.82) is 0 Å². The Labute approximate surface area is 246 Å². The summed E-state index contributed by atoms with van der Waals surface area (Å²) in [6, 6.07) is 19.3. The number of halogens is 2. The number of hydrogen-bond donors (Lipinski definition) is 1. The zero-order valence-corrected chi connectivity index (χ0v) is 24.7. The number of amides is 1. The third-order valence-corrected chi connectivity index (χ3v) is 7.36. The van der Waals surface area contributed by atoms with Crippen molar-refractivity contribution < 1.29 is 28.2 Å². The van der Waals surface area contributed by atoms with E-state index in [1.54, 1.807) is 26.8 Å². The number of fused-ring (bicyclic) bond motifs is 1. The quantitative estimate of drug-likeness (QED) is 0.253. The Hall–Kier alpha value is -3.42. The molecule has 2 atom stereocenters. The van der Waals surface area contributed by atoms with Crippen molar-refractivity contribution in [2.75, 3.05) is 13.2 Å². The molecule has 218 valence electrons. The number of esters is 1. The van der Waals surface area contributed by atoms with E-state index in [2.05, 4.69) is 5.32 Å². The summed E-state index contributed by atoms with van der Waals surface area (Å²) in [5.41, 5.74) is 2.16. The van der Waals surface area contributed by atoms with Gasteiger partial charge in [-0.1, -0.05) is 60.1 Å². The number of aryl methyl sites for hydroxylation is 1. The third kappa shape index (κ3) is 7.66. The second-order valence-corrected chi connectivity index (χ2v) is 11.8. The molecule has 0 aromatic heterocycles. The van der Waals surface area contributed by atoms with E-state index in [0.29, 0.717) is 30.0 Å². The van der Waals surface area contributed by atoms with E-state index in [9.17, 15) is 14.0 Å². The van der Waals surface area contributed by atoms with Crippen LogP contribution in [-0.2, 0) is 37.4 Å². The van der Waals surface area contributed by atoms with Gasteiger partial charge in [0.2, 0.25) is 0 Å². The second-order valence-electron chi connectivity index (χ2n) is 11.4. The summed E-state index contributed by atoms with van der Waals surface area (Å²) in [6.45, 7) is 8.05. The van der Waals surface area contributed by atoms with Crippen LogP contribution < -0.4 is 5.32 Å². The maximum Gasteiger partial charge on any atom is 0.407 e. The molecule has 1 aliphatic heterocycles. The number of benzene rings is 3. The van der Waals surface area contributed by atoms with Gasteiger partial charge in [-0.2, -0.15) is 0 Å². The van der Waals surface area contributed by atoms with Crippen LogP contribution in [-0.4, -0.2) is 36.9 Å². The number of carbonyl (C=O) groups excluding carboxylic acids is 2. The first kappa shape index (κ1) is 30.5. The minimum absolute atomic E-state index is 0.131. The zero-order valence-electron chi connectivity index (χ0n) is 24.0. The third-order valence-electron chi connectivity index (χ3n) is 7.13. The topological polar surface area (TPSA) is 73.9 Å². The summed E-state index contributed by atoms with van der Waals surface area (Å²) in [7, 11) is 0. The highest BCUT2D eigenvalue weighted by molar-refractivity contribution is 6.30. The Morgan fingerprint density at radius 2 is 1.85 bits per heavy atom. The Balaban J connectivity index is 1.59. The molecule has 1 aliphatic rings. The van der Waals surface area contributed by atoms with Gasteiger partial charge in [0.25, 0.3) is 0 Å². The standard InChI is InChI=1S/C33H37ClFNO5/c1-5-39-21-33(28-9-7-6-8-24(28)20-40-30(33)37)19-26(36-31(38)41-32(2,3)4)16-12-22-10-13-23(14-11-22)27-18-25(34)15-17-29(27)35/h6-11,13-15,17-18,26H,5,12,16,19-21H2,1-4H3,(H,36,38)/t26-,33+/m1/s1. The number of cyclic esters (lactones) is 1. The molecule has 0 bridgehead atoms. The number of nitrogens with one attached hydrogen (secondary N) is 1. The van der Waals surface area contributed by atoms with Gasteiger partial charge in [0, 0.05) is 23.2 Å². The van der Waals surface area contributed by atoms with Crippen LogP contribution in [0.3, 0.4) is 0 Å². The number of rotatable bonds is 10. The number of carbonyl (C=O) groups is 2. The van der Waals surface area contributed by atoms with Crippen molar-refractivity contribution >= 4 is 23.7 Å². The fraction of sp³-hybridized carbons (Fsp3) is 0.394. The van der Waals surface area contributed by atoms with E-state index in [1.165, 1.54) is 12.1 Å². The molecule has 0 radical (unpaired) electrons. The molecule has 0 saturated heterocycles. The average molecular weight is 582 g/mol. The minimum atomic E-state index is -1.08. The number of hydrogen-bond acceptors (Lipinski definition) is 5. The van der Waals surface area contributed by atoms with Gasteiger partial charge in [0.1, 0.15) is 23.4 Å². The van der Waals surface area contributed by atoms with Crippen LogP contribution in [0.4, 0.5) is 9.18 Å². The van der Waals surface area contributed by atoms with Crippen LogP contribution in [0.2, 0.25) is 5.02 Å². The predicted octanol–water partition coefficient (Wildman–Crippen LogP) is 7.39. The summed E-state index contributed by atoms with van der Waals surface area (Å²) < 4.78 is 31.4. The van der Waals surface area contributed by atoms with Gasteiger partial charge in [0.05, 0.1) is 6.61 Å². The van der Waals surface area contributed by atoms with Gasteiger partial charge in [0.15, 0.2) is 0 Å². The Bertz CT molecular complexity index is 1370. The molecule has 0 aliphatic carbocycles. The van der Waals surface area contributed by atoms with Crippen LogP contribution in [0.25, 0.3) is 11.1 Å². The Morgan fingerprint density at radius 3 is 2.56 bits per heavy atom. The van der Waals surface area contributed by atoms with Crippen LogP contribution in [0.15, 0.2) is 66.7 Å². The van der Waals surface area contributed by atoms with Crippen molar-refractivity contribution in [1.82, 2.24) is 5.32 Å². The maximum absolute atomic E-state index is 14.4. The lowest BCUT2D eigenvalue weighted by Crippen LogP contribution is -2.51. The molecule has 1 N–H and O–H groups in total.